The van der Waals surface area contributed by atoms with E-state index in [-0.39, 0.29) is 0 Å². The second kappa shape index (κ2) is 13.9. The number of hydrogen-bond acceptors (Lipinski definition) is 3. The molecule has 0 saturated heterocycles. The third-order valence-electron chi connectivity index (χ3n) is 10.3. The van der Waals surface area contributed by atoms with E-state index in [9.17, 15) is 0 Å². The molecule has 258 valence electrons. The van der Waals surface area contributed by atoms with Crippen LogP contribution in [0.5, 0.6) is 0 Å². The minimum absolute atomic E-state index is 0.667. The van der Waals surface area contributed by atoms with Crippen molar-refractivity contribution in [2.24, 2.45) is 0 Å². The first-order chi connectivity index (χ1) is 27.2. The summed E-state index contributed by atoms with van der Waals surface area (Å²) in [7, 11) is 0. The lowest BCUT2D eigenvalue weighted by Gasteiger charge is -2.13. The maximum atomic E-state index is 6.32. The highest BCUT2D eigenvalue weighted by atomic mass is 16.3. The zero-order valence-corrected chi connectivity index (χ0v) is 29.9. The normalized spacial score (nSPS) is 11.3. The summed E-state index contributed by atoms with van der Waals surface area (Å²) in [6.07, 6.45) is 0. The molecule has 55 heavy (non-hydrogen) atoms. The van der Waals surface area contributed by atoms with Gasteiger partial charge in [0.25, 0.3) is 0 Å². The summed E-state index contributed by atoms with van der Waals surface area (Å²) in [5.74, 6) is 0.667. The third-order valence-corrected chi connectivity index (χ3v) is 10.3. The second-order valence-electron chi connectivity index (χ2n) is 13.8. The molecule has 0 atom stereocenters. The molecule has 0 unspecified atom stereocenters. The second-order valence-corrected chi connectivity index (χ2v) is 13.8. The lowest BCUT2D eigenvalue weighted by molar-refractivity contribution is 0.667. The Bertz CT molecular complexity index is 2890. The van der Waals surface area contributed by atoms with E-state index in [0.717, 1.165) is 50.0 Å². The highest BCUT2D eigenvalue weighted by Gasteiger charge is 2.18. The monoisotopic (exact) mass is 702 g/mol. The van der Waals surface area contributed by atoms with Gasteiger partial charge in [-0.1, -0.05) is 164 Å². The molecule has 10 aromatic rings. The van der Waals surface area contributed by atoms with Crippen molar-refractivity contribution in [1.82, 2.24) is 9.97 Å². The molecule has 8 aromatic carbocycles. The number of nitrogens with zero attached hydrogens (tertiary/aromatic N) is 2. The molecule has 10 rings (SSSR count). The quantitative estimate of drug-likeness (QED) is 0.166. The van der Waals surface area contributed by atoms with Crippen LogP contribution in [0.4, 0.5) is 0 Å². The van der Waals surface area contributed by atoms with Gasteiger partial charge in [-0.05, 0) is 98.1 Å². The molecule has 0 amide bonds. The topological polar surface area (TPSA) is 38.9 Å². The van der Waals surface area contributed by atoms with Crippen molar-refractivity contribution < 1.29 is 4.42 Å². The molecule has 3 heteroatoms. The molecular formula is C52H34N2O. The van der Waals surface area contributed by atoms with E-state index in [1.807, 2.05) is 36.4 Å². The Labute approximate surface area is 319 Å². The van der Waals surface area contributed by atoms with E-state index in [1.165, 1.54) is 38.9 Å². The van der Waals surface area contributed by atoms with Crippen LogP contribution in [-0.4, -0.2) is 9.97 Å². The standard InChI is InChI=1S/C52H34N2O/c1-4-14-35(15-5-1)44-32-45(36-16-6-2-7-17-36)34-46(33-44)42-22-12-20-40(30-42)37-26-28-38(29-27-37)41-21-13-23-43(31-41)52-53-49(39-18-8-3-9-19-39)51-50(54-52)47-24-10-11-25-48(47)55-51/h1-34H. The number of rotatable bonds is 7. The van der Waals surface area contributed by atoms with Gasteiger partial charge in [0.05, 0.1) is 0 Å². The van der Waals surface area contributed by atoms with Crippen LogP contribution < -0.4 is 0 Å². The van der Waals surface area contributed by atoms with Crippen LogP contribution in [0, 0.1) is 0 Å². The predicted octanol–water partition coefficient (Wildman–Crippen LogP) is 14.0. The van der Waals surface area contributed by atoms with Gasteiger partial charge in [0.2, 0.25) is 0 Å². The number of benzene rings is 8. The average Bonchev–Trinajstić information content (AvgIpc) is 3.66. The van der Waals surface area contributed by atoms with Crippen molar-refractivity contribution in [3.63, 3.8) is 0 Å². The highest BCUT2D eigenvalue weighted by Crippen LogP contribution is 2.37. The van der Waals surface area contributed by atoms with E-state index in [4.69, 9.17) is 14.4 Å². The van der Waals surface area contributed by atoms with E-state index in [2.05, 4.69) is 170 Å². The number of para-hydroxylation sites is 1. The number of fused-ring (bicyclic) bond motifs is 3. The van der Waals surface area contributed by atoms with Crippen LogP contribution in [0.1, 0.15) is 0 Å². The first kappa shape index (κ1) is 32.3. The fourth-order valence-corrected chi connectivity index (χ4v) is 7.47. The molecule has 0 aliphatic heterocycles. The van der Waals surface area contributed by atoms with Gasteiger partial charge < -0.3 is 4.42 Å². The van der Waals surface area contributed by atoms with Crippen LogP contribution in [-0.2, 0) is 0 Å². The van der Waals surface area contributed by atoms with Crippen molar-refractivity contribution in [2.75, 3.05) is 0 Å². The van der Waals surface area contributed by atoms with Crippen molar-refractivity contribution in [3.05, 3.63) is 206 Å². The van der Waals surface area contributed by atoms with Crippen molar-refractivity contribution in [3.8, 4) is 78.3 Å². The maximum absolute atomic E-state index is 6.32. The SMILES string of the molecule is c1ccc(-c2cc(-c3ccccc3)cc(-c3cccc(-c4ccc(-c5cccc(-c6nc(-c7ccccc7)c7oc8ccccc8c7n6)c5)cc4)c3)c2)cc1. The van der Waals surface area contributed by atoms with Crippen LogP contribution in [0.15, 0.2) is 211 Å². The fraction of sp³-hybridized carbons (Fsp3) is 0. The Morgan fingerprint density at radius 1 is 0.291 bits per heavy atom. The minimum atomic E-state index is 0.667. The lowest BCUT2D eigenvalue weighted by atomic mass is 9.92. The first-order valence-electron chi connectivity index (χ1n) is 18.6. The fourth-order valence-electron chi connectivity index (χ4n) is 7.47. The van der Waals surface area contributed by atoms with Gasteiger partial charge in [-0.3, -0.25) is 0 Å². The van der Waals surface area contributed by atoms with Gasteiger partial charge in [0.1, 0.15) is 16.8 Å². The molecule has 0 bridgehead atoms. The van der Waals surface area contributed by atoms with Crippen LogP contribution in [0.25, 0.3) is 100 Å². The van der Waals surface area contributed by atoms with Crippen molar-refractivity contribution in [1.29, 1.82) is 0 Å². The molecule has 0 radical (unpaired) electrons. The molecule has 0 aliphatic carbocycles. The van der Waals surface area contributed by atoms with Crippen molar-refractivity contribution in [2.45, 2.75) is 0 Å². The molecule has 2 aromatic heterocycles. The Hall–Kier alpha value is -7.36. The number of hydrogen-bond donors (Lipinski definition) is 0. The molecule has 3 nitrogen and oxygen atoms in total. The van der Waals surface area contributed by atoms with E-state index in [0.29, 0.717) is 11.4 Å². The Morgan fingerprint density at radius 2 is 0.691 bits per heavy atom. The molecule has 0 aliphatic rings. The molecule has 2 heterocycles. The molecular weight excluding hydrogens is 669 g/mol. The largest absolute Gasteiger partial charge is 0.452 e. The summed E-state index contributed by atoms with van der Waals surface area (Å²) in [6.45, 7) is 0. The van der Waals surface area contributed by atoms with E-state index < -0.39 is 0 Å². The zero-order valence-electron chi connectivity index (χ0n) is 29.9. The summed E-state index contributed by atoms with van der Waals surface area (Å²) in [6, 6.07) is 72.5. The van der Waals surface area contributed by atoms with Gasteiger partial charge >= 0.3 is 0 Å². The van der Waals surface area contributed by atoms with Crippen LogP contribution in [0.2, 0.25) is 0 Å². The zero-order chi connectivity index (χ0) is 36.6. The lowest BCUT2D eigenvalue weighted by Crippen LogP contribution is -1.94. The highest BCUT2D eigenvalue weighted by molar-refractivity contribution is 6.07. The minimum Gasteiger partial charge on any atom is -0.452 e. The average molecular weight is 703 g/mol. The summed E-state index contributed by atoms with van der Waals surface area (Å²) in [5.41, 5.74) is 16.8. The van der Waals surface area contributed by atoms with Gasteiger partial charge in [0, 0.05) is 16.5 Å². The van der Waals surface area contributed by atoms with Gasteiger partial charge in [0.15, 0.2) is 11.4 Å². The van der Waals surface area contributed by atoms with Crippen LogP contribution in [0.3, 0.4) is 0 Å². The maximum Gasteiger partial charge on any atom is 0.180 e. The molecule has 0 N–H and O–H groups in total. The van der Waals surface area contributed by atoms with Gasteiger partial charge in [-0.2, -0.15) is 0 Å². The van der Waals surface area contributed by atoms with E-state index in [1.54, 1.807) is 0 Å². The molecule has 0 fully saturated rings. The number of aromatic nitrogens is 2. The molecule has 0 saturated carbocycles. The number of furan rings is 1. The summed E-state index contributed by atoms with van der Waals surface area (Å²) >= 11 is 0. The molecule has 0 spiro atoms. The Balaban J connectivity index is 0.990. The summed E-state index contributed by atoms with van der Waals surface area (Å²) in [5, 5.41) is 0.981. The third kappa shape index (κ3) is 6.28. The predicted molar refractivity (Wildman–Crippen MR) is 227 cm³/mol. The summed E-state index contributed by atoms with van der Waals surface area (Å²) < 4.78 is 6.32. The Kier molecular flexibility index (Phi) is 8.16. The smallest absolute Gasteiger partial charge is 0.180 e. The summed E-state index contributed by atoms with van der Waals surface area (Å²) in [4.78, 5) is 10.2. The van der Waals surface area contributed by atoms with Gasteiger partial charge in [-0.15, -0.1) is 0 Å². The van der Waals surface area contributed by atoms with Gasteiger partial charge in [-0.25, -0.2) is 9.97 Å². The van der Waals surface area contributed by atoms with E-state index >= 15 is 0 Å². The Morgan fingerprint density at radius 3 is 1.27 bits per heavy atom. The van der Waals surface area contributed by atoms with Crippen molar-refractivity contribution >= 4 is 22.1 Å². The first-order valence-corrected chi connectivity index (χ1v) is 18.6. The van der Waals surface area contributed by atoms with Crippen LogP contribution >= 0.6 is 0 Å².